The van der Waals surface area contributed by atoms with E-state index in [0.717, 1.165) is 0 Å². The Morgan fingerprint density at radius 3 is 2.38 bits per heavy atom. The van der Waals surface area contributed by atoms with E-state index in [0.29, 0.717) is 6.42 Å². The Bertz CT molecular complexity index is 167. The molecule has 0 aliphatic heterocycles. The van der Waals surface area contributed by atoms with E-state index in [1.165, 1.54) is 0 Å². The Morgan fingerprint density at radius 1 is 1.54 bits per heavy atom. The quantitative estimate of drug-likeness (QED) is 0.610. The number of carbonyl (C=O) groups is 1. The first-order valence-electron chi connectivity index (χ1n) is 4.43. The molecular formula is C9H18O4. The van der Waals surface area contributed by atoms with Gasteiger partial charge in [-0.25, -0.2) is 4.79 Å². The monoisotopic (exact) mass is 190 g/mol. The average Bonchev–Trinajstić information content (AvgIpc) is 2.03. The molecule has 1 unspecified atom stereocenters. The maximum atomic E-state index is 10.9. The van der Waals surface area contributed by atoms with Gasteiger partial charge in [0.25, 0.3) is 0 Å². The van der Waals surface area contributed by atoms with E-state index in [1.807, 2.05) is 0 Å². The molecule has 78 valence electrons. The molecular weight excluding hydrogens is 172 g/mol. The van der Waals surface area contributed by atoms with Crippen molar-refractivity contribution in [3.63, 3.8) is 0 Å². The molecule has 4 heteroatoms. The minimum Gasteiger partial charge on any atom is -0.479 e. The standard InChI is InChI=1S/C9H18O4/c1-7(2)9(3,8(11)12)13-6-4-5-10/h7,10H,4-6H2,1-3H3,(H,11,12). The molecule has 0 saturated carbocycles. The van der Waals surface area contributed by atoms with Crippen molar-refractivity contribution in [3.8, 4) is 0 Å². The number of ether oxygens (including phenoxy) is 1. The summed E-state index contributed by atoms with van der Waals surface area (Å²) in [6, 6.07) is 0. The second kappa shape index (κ2) is 5.19. The lowest BCUT2D eigenvalue weighted by molar-refractivity contribution is -0.170. The molecule has 1 atom stereocenters. The molecule has 0 aromatic rings. The molecule has 0 bridgehead atoms. The minimum atomic E-state index is -1.14. The summed E-state index contributed by atoms with van der Waals surface area (Å²) >= 11 is 0. The summed E-state index contributed by atoms with van der Waals surface area (Å²) < 4.78 is 5.23. The highest BCUT2D eigenvalue weighted by Crippen LogP contribution is 2.21. The first-order chi connectivity index (χ1) is 5.95. The number of aliphatic hydroxyl groups excluding tert-OH is 1. The normalized spacial score (nSPS) is 15.8. The molecule has 0 rings (SSSR count). The number of carboxylic acids is 1. The van der Waals surface area contributed by atoms with Gasteiger partial charge in [0, 0.05) is 6.61 Å². The topological polar surface area (TPSA) is 66.8 Å². The van der Waals surface area contributed by atoms with Crippen LogP contribution in [0.3, 0.4) is 0 Å². The molecule has 0 fully saturated rings. The van der Waals surface area contributed by atoms with E-state index in [1.54, 1.807) is 20.8 Å². The summed E-state index contributed by atoms with van der Waals surface area (Å²) in [6.45, 7) is 5.45. The molecule has 0 amide bonds. The summed E-state index contributed by atoms with van der Waals surface area (Å²) in [5, 5.41) is 17.4. The third-order valence-electron chi connectivity index (χ3n) is 2.23. The van der Waals surface area contributed by atoms with E-state index < -0.39 is 11.6 Å². The predicted molar refractivity (Wildman–Crippen MR) is 48.5 cm³/mol. The van der Waals surface area contributed by atoms with Gasteiger partial charge >= 0.3 is 5.97 Å². The fourth-order valence-electron chi connectivity index (χ4n) is 0.824. The molecule has 2 N–H and O–H groups in total. The van der Waals surface area contributed by atoms with Gasteiger partial charge in [-0.1, -0.05) is 13.8 Å². The van der Waals surface area contributed by atoms with Crippen LogP contribution in [0.4, 0.5) is 0 Å². The zero-order valence-corrected chi connectivity index (χ0v) is 8.41. The predicted octanol–water partition coefficient (Wildman–Crippen LogP) is 0.885. The van der Waals surface area contributed by atoms with Crippen LogP contribution in [0.2, 0.25) is 0 Å². The first kappa shape index (κ1) is 12.4. The Morgan fingerprint density at radius 2 is 2.08 bits per heavy atom. The van der Waals surface area contributed by atoms with Gasteiger partial charge in [-0.05, 0) is 19.3 Å². The van der Waals surface area contributed by atoms with Gasteiger partial charge in [0.2, 0.25) is 0 Å². The number of carboxylic acid groups (broad SMARTS) is 1. The van der Waals surface area contributed by atoms with Gasteiger partial charge in [-0.2, -0.15) is 0 Å². The molecule has 0 aliphatic carbocycles. The Balaban J connectivity index is 4.17. The molecule has 0 radical (unpaired) electrons. The van der Waals surface area contributed by atoms with E-state index in [-0.39, 0.29) is 19.1 Å². The summed E-state index contributed by atoms with van der Waals surface area (Å²) in [7, 11) is 0. The van der Waals surface area contributed by atoms with Crippen LogP contribution >= 0.6 is 0 Å². The summed E-state index contributed by atoms with van der Waals surface area (Å²) in [5.74, 6) is -1.05. The smallest absolute Gasteiger partial charge is 0.335 e. The zero-order chi connectivity index (χ0) is 10.5. The molecule has 13 heavy (non-hydrogen) atoms. The first-order valence-corrected chi connectivity index (χ1v) is 4.43. The Labute approximate surface area is 78.5 Å². The van der Waals surface area contributed by atoms with Crippen molar-refractivity contribution in [1.29, 1.82) is 0 Å². The zero-order valence-electron chi connectivity index (χ0n) is 8.41. The molecule has 0 aromatic heterocycles. The lowest BCUT2D eigenvalue weighted by atomic mass is 9.92. The SMILES string of the molecule is CC(C)C(C)(OCCCO)C(=O)O. The number of hydrogen-bond donors (Lipinski definition) is 2. The number of aliphatic carboxylic acids is 1. The van der Waals surface area contributed by atoms with Crippen molar-refractivity contribution in [3.05, 3.63) is 0 Å². The van der Waals surface area contributed by atoms with Crippen LogP contribution in [0.15, 0.2) is 0 Å². The van der Waals surface area contributed by atoms with Crippen molar-refractivity contribution in [2.75, 3.05) is 13.2 Å². The highest BCUT2D eigenvalue weighted by Gasteiger charge is 2.37. The molecule has 0 spiro atoms. The summed E-state index contributed by atoms with van der Waals surface area (Å²) in [4.78, 5) is 10.9. The third kappa shape index (κ3) is 3.32. The number of aliphatic hydroxyl groups is 1. The van der Waals surface area contributed by atoms with Crippen LogP contribution in [0, 0.1) is 5.92 Å². The number of rotatable bonds is 6. The van der Waals surface area contributed by atoms with Crippen LogP contribution in [-0.2, 0) is 9.53 Å². The van der Waals surface area contributed by atoms with Crippen LogP contribution in [-0.4, -0.2) is 35.0 Å². The van der Waals surface area contributed by atoms with Crippen molar-refractivity contribution < 1.29 is 19.7 Å². The fourth-order valence-corrected chi connectivity index (χ4v) is 0.824. The Hall–Kier alpha value is -0.610. The van der Waals surface area contributed by atoms with Crippen molar-refractivity contribution in [2.24, 2.45) is 5.92 Å². The third-order valence-corrected chi connectivity index (χ3v) is 2.23. The maximum absolute atomic E-state index is 10.9. The van der Waals surface area contributed by atoms with Crippen LogP contribution in [0.25, 0.3) is 0 Å². The second-order valence-electron chi connectivity index (χ2n) is 3.49. The van der Waals surface area contributed by atoms with Gasteiger partial charge in [-0.15, -0.1) is 0 Å². The van der Waals surface area contributed by atoms with E-state index in [9.17, 15) is 4.79 Å². The van der Waals surface area contributed by atoms with Crippen LogP contribution in [0.5, 0.6) is 0 Å². The molecule has 4 nitrogen and oxygen atoms in total. The van der Waals surface area contributed by atoms with Gasteiger partial charge in [-0.3, -0.25) is 0 Å². The summed E-state index contributed by atoms with van der Waals surface area (Å²) in [5.41, 5.74) is -1.14. The summed E-state index contributed by atoms with van der Waals surface area (Å²) in [6.07, 6.45) is 0.468. The van der Waals surface area contributed by atoms with E-state index >= 15 is 0 Å². The van der Waals surface area contributed by atoms with Gasteiger partial charge in [0.15, 0.2) is 5.60 Å². The Kier molecular flexibility index (Phi) is 4.95. The maximum Gasteiger partial charge on any atom is 0.335 e. The van der Waals surface area contributed by atoms with Crippen molar-refractivity contribution in [2.45, 2.75) is 32.8 Å². The van der Waals surface area contributed by atoms with Gasteiger partial charge in [0.05, 0.1) is 6.61 Å². The van der Waals surface area contributed by atoms with Crippen LogP contribution in [0.1, 0.15) is 27.2 Å². The minimum absolute atomic E-state index is 0.0216. The highest BCUT2D eigenvalue weighted by molar-refractivity contribution is 5.77. The fraction of sp³-hybridized carbons (Fsp3) is 0.889. The molecule has 0 aromatic carbocycles. The number of hydrogen-bond acceptors (Lipinski definition) is 3. The highest BCUT2D eigenvalue weighted by atomic mass is 16.5. The van der Waals surface area contributed by atoms with Crippen molar-refractivity contribution in [1.82, 2.24) is 0 Å². The van der Waals surface area contributed by atoms with E-state index in [2.05, 4.69) is 0 Å². The largest absolute Gasteiger partial charge is 0.479 e. The van der Waals surface area contributed by atoms with Crippen LogP contribution < -0.4 is 0 Å². The average molecular weight is 190 g/mol. The van der Waals surface area contributed by atoms with E-state index in [4.69, 9.17) is 14.9 Å². The van der Waals surface area contributed by atoms with Crippen molar-refractivity contribution >= 4 is 5.97 Å². The molecule has 0 heterocycles. The second-order valence-corrected chi connectivity index (χ2v) is 3.49. The lowest BCUT2D eigenvalue weighted by Crippen LogP contribution is -2.43. The molecule has 0 aliphatic rings. The molecule has 0 saturated heterocycles. The van der Waals surface area contributed by atoms with Gasteiger partial charge in [0.1, 0.15) is 0 Å². The lowest BCUT2D eigenvalue weighted by Gasteiger charge is -2.29. The van der Waals surface area contributed by atoms with Gasteiger partial charge < -0.3 is 14.9 Å².